The Morgan fingerprint density at radius 3 is 2.42 bits per heavy atom. The summed E-state index contributed by atoms with van der Waals surface area (Å²) < 4.78 is 13.9. The molecule has 0 aliphatic carbocycles. The summed E-state index contributed by atoms with van der Waals surface area (Å²) in [5.41, 5.74) is 1.07. The van der Waals surface area contributed by atoms with Gasteiger partial charge in [0.05, 0.1) is 16.7 Å². The van der Waals surface area contributed by atoms with Crippen LogP contribution in [0.15, 0.2) is 24.4 Å². The average Bonchev–Trinajstić information content (AvgIpc) is 2.95. The molecule has 6 nitrogen and oxygen atoms in total. The fourth-order valence-corrected chi connectivity index (χ4v) is 2.58. The Labute approximate surface area is 142 Å². The van der Waals surface area contributed by atoms with Crippen molar-refractivity contribution in [1.29, 1.82) is 0 Å². The van der Waals surface area contributed by atoms with Gasteiger partial charge in [-0.1, -0.05) is 12.1 Å². The highest BCUT2D eigenvalue weighted by Crippen LogP contribution is 2.36. The molecule has 2 heterocycles. The summed E-state index contributed by atoms with van der Waals surface area (Å²) in [6, 6.07) is 5.92. The van der Waals surface area contributed by atoms with Crippen LogP contribution in [0, 0.1) is 0 Å². The molecule has 1 saturated heterocycles. The van der Waals surface area contributed by atoms with Gasteiger partial charge in [0, 0.05) is 25.7 Å². The van der Waals surface area contributed by atoms with Gasteiger partial charge in [-0.15, -0.1) is 0 Å². The number of nitrogens with zero attached hydrogens (tertiary/aromatic N) is 3. The standard InChI is InChI=1S/C17H24BN3O3/c1-16(2)17(3,4)24-18(23-16)13-7-8-14-12(9-13)10-21(19-14)11-15(22)20(5)6/h7-10H,11H2,1-6H3. The zero-order chi connectivity index (χ0) is 17.7. The van der Waals surface area contributed by atoms with Crippen molar-refractivity contribution >= 4 is 29.4 Å². The van der Waals surface area contributed by atoms with Gasteiger partial charge < -0.3 is 14.2 Å². The molecule has 24 heavy (non-hydrogen) atoms. The lowest BCUT2D eigenvalue weighted by Gasteiger charge is -2.32. The molecule has 0 radical (unpaired) electrons. The van der Waals surface area contributed by atoms with E-state index in [1.165, 1.54) is 0 Å². The predicted octanol–water partition coefficient (Wildman–Crippen LogP) is 1.42. The van der Waals surface area contributed by atoms with Crippen LogP contribution in [0.4, 0.5) is 0 Å². The van der Waals surface area contributed by atoms with Gasteiger partial charge in [0.15, 0.2) is 0 Å². The van der Waals surface area contributed by atoms with Crippen molar-refractivity contribution in [3.05, 3.63) is 24.4 Å². The lowest BCUT2D eigenvalue weighted by molar-refractivity contribution is -0.129. The number of hydrogen-bond acceptors (Lipinski definition) is 4. The van der Waals surface area contributed by atoms with Crippen LogP contribution in [0.5, 0.6) is 0 Å². The highest BCUT2D eigenvalue weighted by molar-refractivity contribution is 6.62. The second-order valence-corrected chi connectivity index (χ2v) is 7.52. The second-order valence-electron chi connectivity index (χ2n) is 7.52. The Bertz CT molecular complexity index is 766. The minimum Gasteiger partial charge on any atom is -0.399 e. The Kier molecular flexibility index (Phi) is 3.96. The third-order valence-electron chi connectivity index (χ3n) is 4.90. The molecule has 1 aromatic heterocycles. The first-order valence-corrected chi connectivity index (χ1v) is 8.12. The first-order chi connectivity index (χ1) is 11.1. The summed E-state index contributed by atoms with van der Waals surface area (Å²) >= 11 is 0. The quantitative estimate of drug-likeness (QED) is 0.800. The monoisotopic (exact) mass is 329 g/mol. The van der Waals surface area contributed by atoms with Crippen molar-refractivity contribution in [2.24, 2.45) is 0 Å². The number of hydrogen-bond donors (Lipinski definition) is 0. The molecule has 0 N–H and O–H groups in total. The lowest BCUT2D eigenvalue weighted by Crippen LogP contribution is -2.41. The van der Waals surface area contributed by atoms with Crippen LogP contribution < -0.4 is 5.46 Å². The molecular formula is C17H24BN3O3. The fraction of sp³-hybridized carbons (Fsp3) is 0.529. The summed E-state index contributed by atoms with van der Waals surface area (Å²) in [5.74, 6) is 0.00832. The molecular weight excluding hydrogens is 305 g/mol. The molecule has 1 amide bonds. The maximum Gasteiger partial charge on any atom is 0.494 e. The Hall–Kier alpha value is -1.86. The summed E-state index contributed by atoms with van der Waals surface area (Å²) in [7, 11) is 3.08. The van der Waals surface area contributed by atoms with Crippen LogP contribution in [0.1, 0.15) is 27.7 Å². The summed E-state index contributed by atoms with van der Waals surface area (Å²) in [6.07, 6.45) is 1.88. The maximum absolute atomic E-state index is 11.8. The topological polar surface area (TPSA) is 56.6 Å². The molecule has 7 heteroatoms. The van der Waals surface area contributed by atoms with Gasteiger partial charge in [-0.25, -0.2) is 0 Å². The number of aromatic nitrogens is 2. The van der Waals surface area contributed by atoms with Crippen molar-refractivity contribution in [3.8, 4) is 0 Å². The summed E-state index contributed by atoms with van der Waals surface area (Å²) in [5, 5.41) is 5.41. The maximum atomic E-state index is 11.8. The molecule has 0 atom stereocenters. The Balaban J connectivity index is 1.86. The third-order valence-corrected chi connectivity index (χ3v) is 4.90. The number of carbonyl (C=O) groups is 1. The van der Waals surface area contributed by atoms with Crippen molar-refractivity contribution in [1.82, 2.24) is 14.7 Å². The van der Waals surface area contributed by atoms with E-state index in [1.807, 2.05) is 52.1 Å². The first kappa shape index (κ1) is 17.0. The van der Waals surface area contributed by atoms with Crippen molar-refractivity contribution in [3.63, 3.8) is 0 Å². The zero-order valence-electron chi connectivity index (χ0n) is 15.2. The van der Waals surface area contributed by atoms with Crippen molar-refractivity contribution in [2.45, 2.75) is 45.4 Å². The number of rotatable bonds is 3. The van der Waals surface area contributed by atoms with Crippen LogP contribution in [0.25, 0.3) is 10.9 Å². The van der Waals surface area contributed by atoms with Gasteiger partial charge in [-0.05, 0) is 39.2 Å². The first-order valence-electron chi connectivity index (χ1n) is 8.12. The molecule has 1 aliphatic rings. The van der Waals surface area contributed by atoms with Crippen molar-refractivity contribution in [2.75, 3.05) is 14.1 Å². The smallest absolute Gasteiger partial charge is 0.399 e. The molecule has 2 aromatic rings. The Morgan fingerprint density at radius 1 is 1.21 bits per heavy atom. The van der Waals surface area contributed by atoms with Gasteiger partial charge in [-0.2, -0.15) is 5.10 Å². The number of amides is 1. The average molecular weight is 329 g/mol. The molecule has 3 rings (SSSR count). The van der Waals surface area contributed by atoms with Crippen molar-refractivity contribution < 1.29 is 14.1 Å². The van der Waals surface area contributed by atoms with Gasteiger partial charge in [-0.3, -0.25) is 9.48 Å². The highest BCUT2D eigenvalue weighted by Gasteiger charge is 2.51. The molecule has 0 unspecified atom stereocenters. The van der Waals surface area contributed by atoms with Crippen LogP contribution in [-0.4, -0.2) is 53.0 Å². The van der Waals surface area contributed by atoms with E-state index >= 15 is 0 Å². The van der Waals surface area contributed by atoms with E-state index < -0.39 is 7.12 Å². The number of carbonyl (C=O) groups excluding carboxylic acids is 1. The largest absolute Gasteiger partial charge is 0.494 e. The van der Waals surface area contributed by atoms with Crippen LogP contribution in [-0.2, 0) is 20.6 Å². The van der Waals surface area contributed by atoms with Gasteiger partial charge in [0.25, 0.3) is 0 Å². The van der Waals surface area contributed by atoms with E-state index in [0.717, 1.165) is 16.4 Å². The zero-order valence-corrected chi connectivity index (χ0v) is 15.2. The lowest BCUT2D eigenvalue weighted by atomic mass is 9.79. The third kappa shape index (κ3) is 2.94. The van der Waals surface area contributed by atoms with Gasteiger partial charge in [0.2, 0.25) is 5.91 Å². The summed E-state index contributed by atoms with van der Waals surface area (Å²) in [4.78, 5) is 13.4. The molecule has 0 saturated carbocycles. The van der Waals surface area contributed by atoms with Gasteiger partial charge in [0.1, 0.15) is 6.54 Å². The SMILES string of the molecule is CN(C)C(=O)Cn1cc2cc(B3OC(C)(C)C(C)(C)O3)ccc2n1. The van der Waals surface area contributed by atoms with Crippen LogP contribution in [0.2, 0.25) is 0 Å². The number of benzene rings is 1. The second kappa shape index (κ2) is 5.60. The summed E-state index contributed by atoms with van der Waals surface area (Å²) in [6.45, 7) is 8.38. The van der Waals surface area contributed by atoms with E-state index in [-0.39, 0.29) is 23.7 Å². The normalized spacial score (nSPS) is 19.0. The fourth-order valence-electron chi connectivity index (χ4n) is 2.58. The Morgan fingerprint density at radius 2 is 1.83 bits per heavy atom. The van der Waals surface area contributed by atoms with Crippen LogP contribution in [0.3, 0.4) is 0 Å². The van der Waals surface area contributed by atoms with E-state index in [2.05, 4.69) is 5.10 Å². The van der Waals surface area contributed by atoms with E-state index in [4.69, 9.17) is 9.31 Å². The van der Waals surface area contributed by atoms with Crippen LogP contribution >= 0.6 is 0 Å². The van der Waals surface area contributed by atoms with E-state index in [0.29, 0.717) is 0 Å². The number of likely N-dealkylation sites (N-methyl/N-ethyl adjacent to an activating group) is 1. The molecule has 1 aromatic carbocycles. The minimum absolute atomic E-state index is 0.00832. The molecule has 1 aliphatic heterocycles. The van der Waals surface area contributed by atoms with E-state index in [1.54, 1.807) is 23.7 Å². The molecule has 0 spiro atoms. The highest BCUT2D eigenvalue weighted by atomic mass is 16.7. The molecule has 0 bridgehead atoms. The van der Waals surface area contributed by atoms with E-state index in [9.17, 15) is 4.79 Å². The predicted molar refractivity (Wildman–Crippen MR) is 94.1 cm³/mol. The molecule has 128 valence electrons. The minimum atomic E-state index is -0.397. The molecule has 1 fully saturated rings. The number of fused-ring (bicyclic) bond motifs is 1. The van der Waals surface area contributed by atoms with Gasteiger partial charge >= 0.3 is 7.12 Å².